The van der Waals surface area contributed by atoms with E-state index in [-0.39, 0.29) is 10.9 Å². The Balaban J connectivity index is 1.74. The van der Waals surface area contributed by atoms with E-state index in [0.717, 1.165) is 15.9 Å². The van der Waals surface area contributed by atoms with Crippen LogP contribution < -0.4 is 4.74 Å². The second-order valence-electron chi connectivity index (χ2n) is 6.13. The number of pyridine rings is 1. The molecule has 1 aromatic carbocycles. The van der Waals surface area contributed by atoms with Gasteiger partial charge in [-0.3, -0.25) is 9.19 Å². The second-order valence-corrected chi connectivity index (χ2v) is 7.47. The minimum atomic E-state index is -1.61. The molecule has 0 spiro atoms. The Bertz CT molecular complexity index is 1180. The summed E-state index contributed by atoms with van der Waals surface area (Å²) in [6, 6.07) is 11.0. The summed E-state index contributed by atoms with van der Waals surface area (Å²) in [7, 11) is -0.0385. The highest BCUT2D eigenvalue weighted by atomic mass is 32.2. The van der Waals surface area contributed by atoms with Gasteiger partial charge in [0.1, 0.15) is 5.75 Å². The molecule has 0 saturated carbocycles. The third-order valence-electron chi connectivity index (χ3n) is 4.52. The van der Waals surface area contributed by atoms with E-state index in [2.05, 4.69) is 15.3 Å². The van der Waals surface area contributed by atoms with Crippen LogP contribution in [0.15, 0.2) is 65.4 Å². The zero-order chi connectivity index (χ0) is 19.7. The lowest BCUT2D eigenvalue weighted by Crippen LogP contribution is -2.06. The molecule has 0 aliphatic rings. The molecular weight excluding hydrogens is 378 g/mol. The quantitative estimate of drug-likeness (QED) is 0.467. The standard InChI is InChI=1S/C19H17N5O3S/c1-13-16(20-8-7-18(13)27-2)12-28(26)19-21-15-6-5-14(23-9-3-4-10-23)11-17(15)24(19)22-25/h3-11H,12H2,1-2H3. The molecule has 4 aromatic rings. The maximum atomic E-state index is 13.0. The summed E-state index contributed by atoms with van der Waals surface area (Å²) in [4.78, 5) is 20.2. The maximum absolute atomic E-state index is 13.0. The average Bonchev–Trinajstić information content (AvgIpc) is 3.36. The molecule has 1 atom stereocenters. The van der Waals surface area contributed by atoms with Crippen LogP contribution in [0.4, 0.5) is 0 Å². The van der Waals surface area contributed by atoms with Gasteiger partial charge in [-0.15, -0.1) is 4.91 Å². The van der Waals surface area contributed by atoms with Gasteiger partial charge in [-0.1, -0.05) is 0 Å². The smallest absolute Gasteiger partial charge is 0.223 e. The zero-order valence-corrected chi connectivity index (χ0v) is 16.1. The fourth-order valence-corrected chi connectivity index (χ4v) is 4.23. The molecule has 3 aromatic heterocycles. The Labute approximate surface area is 163 Å². The van der Waals surface area contributed by atoms with Crippen molar-refractivity contribution in [3.05, 3.63) is 71.2 Å². The molecule has 8 nitrogen and oxygen atoms in total. The van der Waals surface area contributed by atoms with Crippen molar-refractivity contribution < 1.29 is 8.95 Å². The minimum Gasteiger partial charge on any atom is -0.496 e. The SMILES string of the molecule is COc1ccnc(CS(=O)c2nc3ccc(-n4cccc4)cc3n2N=O)c1C. The summed E-state index contributed by atoms with van der Waals surface area (Å²) >= 11 is 0. The van der Waals surface area contributed by atoms with E-state index in [0.29, 0.717) is 22.5 Å². The lowest BCUT2D eigenvalue weighted by molar-refractivity contribution is 0.410. The molecule has 9 heteroatoms. The van der Waals surface area contributed by atoms with Crippen LogP contribution in [0, 0.1) is 11.8 Å². The van der Waals surface area contributed by atoms with Gasteiger partial charge >= 0.3 is 0 Å². The van der Waals surface area contributed by atoms with Gasteiger partial charge in [-0.2, -0.15) is 4.68 Å². The minimum absolute atomic E-state index is 0.0960. The van der Waals surface area contributed by atoms with Crippen molar-refractivity contribution in [2.45, 2.75) is 17.8 Å². The number of fused-ring (bicyclic) bond motifs is 1. The molecule has 0 N–H and O–H groups in total. The average molecular weight is 395 g/mol. The van der Waals surface area contributed by atoms with Crippen LogP contribution in [-0.2, 0) is 16.6 Å². The first-order valence-corrected chi connectivity index (χ1v) is 9.80. The third kappa shape index (κ3) is 3.09. The van der Waals surface area contributed by atoms with Crippen molar-refractivity contribution >= 4 is 21.8 Å². The third-order valence-corrected chi connectivity index (χ3v) is 5.73. The number of hydrogen-bond donors (Lipinski definition) is 0. The van der Waals surface area contributed by atoms with Crippen LogP contribution in [0.1, 0.15) is 11.3 Å². The Morgan fingerprint density at radius 1 is 1.21 bits per heavy atom. The largest absolute Gasteiger partial charge is 0.496 e. The first-order chi connectivity index (χ1) is 13.6. The summed E-state index contributed by atoms with van der Waals surface area (Å²) in [6.45, 7) is 1.85. The van der Waals surface area contributed by atoms with Gasteiger partial charge in [0.25, 0.3) is 0 Å². The number of nitrogens with zero attached hydrogens (tertiary/aromatic N) is 5. The molecular formula is C19H17N5O3S. The van der Waals surface area contributed by atoms with E-state index in [9.17, 15) is 9.12 Å². The van der Waals surface area contributed by atoms with Gasteiger partial charge in [0.2, 0.25) is 5.16 Å². The van der Waals surface area contributed by atoms with Gasteiger partial charge < -0.3 is 9.30 Å². The lowest BCUT2D eigenvalue weighted by Gasteiger charge is -2.08. The fraction of sp³-hybridized carbons (Fsp3) is 0.158. The Morgan fingerprint density at radius 3 is 2.71 bits per heavy atom. The second kappa shape index (κ2) is 7.35. The molecule has 0 fully saturated rings. The van der Waals surface area contributed by atoms with Crippen LogP contribution >= 0.6 is 0 Å². The summed E-state index contributed by atoms with van der Waals surface area (Å²) < 4.78 is 21.3. The summed E-state index contributed by atoms with van der Waals surface area (Å²) in [6.07, 6.45) is 5.39. The number of nitroso groups, excluding NO2 is 1. The number of rotatable bonds is 6. The summed E-state index contributed by atoms with van der Waals surface area (Å²) in [5, 5.41) is 3.15. The summed E-state index contributed by atoms with van der Waals surface area (Å²) in [5.41, 5.74) is 3.32. The van der Waals surface area contributed by atoms with Crippen molar-refractivity contribution in [3.8, 4) is 11.4 Å². The van der Waals surface area contributed by atoms with E-state index in [4.69, 9.17) is 4.74 Å². The molecule has 0 saturated heterocycles. The predicted molar refractivity (Wildman–Crippen MR) is 106 cm³/mol. The van der Waals surface area contributed by atoms with Gasteiger partial charge in [0, 0.05) is 29.8 Å². The lowest BCUT2D eigenvalue weighted by atomic mass is 10.2. The normalized spacial score (nSPS) is 12.2. The Hall–Kier alpha value is -3.33. The van der Waals surface area contributed by atoms with E-state index in [1.807, 2.05) is 42.1 Å². The molecule has 0 radical (unpaired) electrons. The topological polar surface area (TPSA) is 91.4 Å². The zero-order valence-electron chi connectivity index (χ0n) is 15.3. The predicted octanol–water partition coefficient (Wildman–Crippen LogP) is 3.38. The number of methoxy groups -OCH3 is 1. The van der Waals surface area contributed by atoms with Crippen molar-refractivity contribution in [2.75, 3.05) is 7.11 Å². The number of benzene rings is 1. The van der Waals surface area contributed by atoms with Crippen LogP contribution in [0.25, 0.3) is 16.7 Å². The maximum Gasteiger partial charge on any atom is 0.223 e. The van der Waals surface area contributed by atoms with E-state index < -0.39 is 10.8 Å². The van der Waals surface area contributed by atoms with Crippen molar-refractivity contribution in [2.24, 2.45) is 5.29 Å². The van der Waals surface area contributed by atoms with Gasteiger partial charge in [-0.25, -0.2) is 4.98 Å². The van der Waals surface area contributed by atoms with Gasteiger partial charge in [0.15, 0.2) is 0 Å². The number of hydrogen-bond acceptors (Lipinski definition) is 6. The first-order valence-electron chi connectivity index (χ1n) is 8.48. The van der Waals surface area contributed by atoms with Crippen LogP contribution in [0.3, 0.4) is 0 Å². The monoisotopic (exact) mass is 395 g/mol. The Morgan fingerprint density at radius 2 is 2.00 bits per heavy atom. The number of imidazole rings is 1. The Kier molecular flexibility index (Phi) is 4.74. The summed E-state index contributed by atoms with van der Waals surface area (Å²) in [5.74, 6) is 0.771. The molecule has 0 aliphatic heterocycles. The molecule has 1 unspecified atom stereocenters. The first kappa shape index (κ1) is 18.1. The fourth-order valence-electron chi connectivity index (χ4n) is 3.04. The van der Waals surface area contributed by atoms with Crippen LogP contribution in [-0.4, -0.2) is 30.5 Å². The van der Waals surface area contributed by atoms with E-state index >= 15 is 0 Å². The van der Waals surface area contributed by atoms with Gasteiger partial charge in [0.05, 0.1) is 45.7 Å². The number of aromatic nitrogens is 4. The molecule has 0 bridgehead atoms. The van der Waals surface area contributed by atoms with Crippen molar-refractivity contribution in [3.63, 3.8) is 0 Å². The van der Waals surface area contributed by atoms with E-state index in [1.165, 1.54) is 0 Å². The molecule has 0 aliphatic carbocycles. The molecule has 28 heavy (non-hydrogen) atoms. The van der Waals surface area contributed by atoms with Crippen LogP contribution in [0.5, 0.6) is 5.75 Å². The molecule has 3 heterocycles. The highest BCUT2D eigenvalue weighted by Crippen LogP contribution is 2.25. The number of ether oxygens (including phenoxy) is 1. The van der Waals surface area contributed by atoms with Gasteiger partial charge in [-0.05, 0) is 43.3 Å². The van der Waals surface area contributed by atoms with Crippen LogP contribution in [0.2, 0.25) is 0 Å². The molecule has 142 valence electrons. The highest BCUT2D eigenvalue weighted by molar-refractivity contribution is 7.84. The van der Waals surface area contributed by atoms with E-state index in [1.54, 1.807) is 31.5 Å². The molecule has 4 rings (SSSR count). The molecule has 0 amide bonds. The highest BCUT2D eigenvalue weighted by Gasteiger charge is 2.20. The van der Waals surface area contributed by atoms with Crippen molar-refractivity contribution in [1.29, 1.82) is 0 Å². The van der Waals surface area contributed by atoms with Crippen molar-refractivity contribution in [1.82, 2.24) is 19.2 Å².